The lowest BCUT2D eigenvalue weighted by Gasteiger charge is -2.33. The minimum absolute atomic E-state index is 0.176. The molecule has 0 amide bonds. The van der Waals surface area contributed by atoms with Gasteiger partial charge in [0.1, 0.15) is 18.0 Å². The number of rotatable bonds is 6. The van der Waals surface area contributed by atoms with Crippen molar-refractivity contribution in [3.05, 3.63) is 81.8 Å². The number of aryl methyl sites for hydroxylation is 1. The Bertz CT molecular complexity index is 1600. The van der Waals surface area contributed by atoms with Gasteiger partial charge in [-0.05, 0) is 79.5 Å². The van der Waals surface area contributed by atoms with Crippen molar-refractivity contribution in [2.24, 2.45) is 18.9 Å². The highest BCUT2D eigenvalue weighted by atomic mass is 19.4. The Labute approximate surface area is 229 Å². The number of benzene rings is 1. The monoisotopic (exact) mass is 556 g/mol. The Balaban J connectivity index is 1.45. The van der Waals surface area contributed by atoms with Crippen LogP contribution in [0.3, 0.4) is 0 Å². The summed E-state index contributed by atoms with van der Waals surface area (Å²) in [7, 11) is 1.83. The molecule has 2 fully saturated rings. The molecular weight excluding hydrogens is 524 g/mol. The number of hydrogen-bond donors (Lipinski definition) is 0. The molecule has 4 aromatic rings. The minimum atomic E-state index is -4.66. The molecule has 1 unspecified atom stereocenters. The van der Waals surface area contributed by atoms with Crippen LogP contribution >= 0.6 is 0 Å². The Morgan fingerprint density at radius 1 is 1.07 bits per heavy atom. The Morgan fingerprint density at radius 3 is 2.52 bits per heavy atom. The maximum absolute atomic E-state index is 15.1. The molecule has 0 radical (unpaired) electrons. The van der Waals surface area contributed by atoms with E-state index in [1.807, 2.05) is 7.05 Å². The van der Waals surface area contributed by atoms with Crippen molar-refractivity contribution in [3.63, 3.8) is 0 Å². The van der Waals surface area contributed by atoms with Gasteiger partial charge in [-0.15, -0.1) is 10.2 Å². The van der Waals surface area contributed by atoms with Gasteiger partial charge in [0.25, 0.3) is 0 Å². The zero-order valence-corrected chi connectivity index (χ0v) is 22.5. The highest BCUT2D eigenvalue weighted by molar-refractivity contribution is 5.58. The van der Waals surface area contributed by atoms with Crippen LogP contribution in [0.25, 0.3) is 11.2 Å². The lowest BCUT2D eigenvalue weighted by Crippen LogP contribution is -2.34. The van der Waals surface area contributed by atoms with E-state index in [9.17, 15) is 18.0 Å². The van der Waals surface area contributed by atoms with Crippen LogP contribution in [0.5, 0.6) is 0 Å². The highest BCUT2D eigenvalue weighted by Gasteiger charge is 2.36. The van der Waals surface area contributed by atoms with Gasteiger partial charge >= 0.3 is 11.9 Å². The second kappa shape index (κ2) is 10.2. The van der Waals surface area contributed by atoms with Crippen molar-refractivity contribution in [3.8, 4) is 5.69 Å². The highest BCUT2D eigenvalue weighted by Crippen LogP contribution is 2.43. The number of halogens is 4. The molecule has 1 aliphatic heterocycles. The molecule has 212 valence electrons. The number of piperidine rings is 1. The second-order valence-corrected chi connectivity index (χ2v) is 11.5. The smallest absolute Gasteiger partial charge is 0.320 e. The lowest BCUT2D eigenvalue weighted by molar-refractivity contribution is -0.136. The van der Waals surface area contributed by atoms with E-state index in [-0.39, 0.29) is 23.0 Å². The van der Waals surface area contributed by atoms with Crippen LogP contribution < -0.4 is 5.69 Å². The van der Waals surface area contributed by atoms with E-state index in [4.69, 9.17) is 0 Å². The van der Waals surface area contributed by atoms with Crippen LogP contribution in [0.15, 0.2) is 47.8 Å². The van der Waals surface area contributed by atoms with Crippen molar-refractivity contribution in [1.82, 2.24) is 28.6 Å². The van der Waals surface area contributed by atoms with Crippen molar-refractivity contribution in [2.75, 3.05) is 13.1 Å². The summed E-state index contributed by atoms with van der Waals surface area (Å²) in [5, 5.41) is 8.26. The average Bonchev–Trinajstić information content (AvgIpc) is 3.42. The number of hydrogen-bond acceptors (Lipinski definition) is 4. The molecule has 6 rings (SSSR count). The Morgan fingerprint density at radius 2 is 1.88 bits per heavy atom. The second-order valence-electron chi connectivity index (χ2n) is 11.5. The van der Waals surface area contributed by atoms with Gasteiger partial charge in [0.15, 0.2) is 0 Å². The largest absolute Gasteiger partial charge is 0.418 e. The third kappa shape index (κ3) is 4.95. The summed E-state index contributed by atoms with van der Waals surface area (Å²) in [6.45, 7) is 4.06. The zero-order valence-electron chi connectivity index (χ0n) is 22.5. The first-order chi connectivity index (χ1) is 19.1. The summed E-state index contributed by atoms with van der Waals surface area (Å²) in [4.78, 5) is 15.7. The normalized spacial score (nSPS) is 19.7. The predicted octanol–water partition coefficient (Wildman–Crippen LogP) is 5.54. The maximum atomic E-state index is 15.1. The fraction of sp³-hybridized carbons (Fsp3) is 0.483. The van der Waals surface area contributed by atoms with Gasteiger partial charge in [0.05, 0.1) is 16.8 Å². The number of likely N-dealkylation sites (tertiary alicyclic amines) is 1. The first-order valence-corrected chi connectivity index (χ1v) is 13.8. The zero-order chi connectivity index (χ0) is 28.2. The summed E-state index contributed by atoms with van der Waals surface area (Å²) < 4.78 is 61.7. The van der Waals surface area contributed by atoms with E-state index >= 15 is 4.39 Å². The topological polar surface area (TPSA) is 60.4 Å². The number of imidazole rings is 1. The number of alkyl halides is 3. The predicted molar refractivity (Wildman–Crippen MR) is 142 cm³/mol. The van der Waals surface area contributed by atoms with Crippen molar-refractivity contribution >= 4 is 5.52 Å². The van der Waals surface area contributed by atoms with E-state index in [1.54, 1.807) is 17.0 Å². The van der Waals surface area contributed by atoms with Crippen LogP contribution in [0.1, 0.15) is 67.5 Å². The third-order valence-electron chi connectivity index (χ3n) is 8.46. The van der Waals surface area contributed by atoms with E-state index in [2.05, 4.69) is 22.0 Å². The Kier molecular flexibility index (Phi) is 6.80. The van der Waals surface area contributed by atoms with Crippen LogP contribution in [-0.2, 0) is 19.8 Å². The van der Waals surface area contributed by atoms with Crippen molar-refractivity contribution in [1.29, 1.82) is 0 Å². The molecular formula is C29H32F4N6O. The quantitative estimate of drug-likeness (QED) is 0.293. The molecule has 11 heteroatoms. The molecule has 4 heterocycles. The van der Waals surface area contributed by atoms with E-state index < -0.39 is 23.2 Å². The fourth-order valence-corrected chi connectivity index (χ4v) is 6.33. The molecule has 1 saturated carbocycles. The van der Waals surface area contributed by atoms with Crippen LogP contribution in [0.4, 0.5) is 17.6 Å². The van der Waals surface area contributed by atoms with E-state index in [1.165, 1.54) is 18.3 Å². The molecule has 7 nitrogen and oxygen atoms in total. The SMILES string of the molecule is C[C@H]1CCCN(Cc2cc(C(F)(F)F)c3cn(-c4cc(F)cc(C(c5nncn5C)C5CCC5)c4)c(=O)n3c2)C1. The maximum Gasteiger partial charge on any atom is 0.418 e. The fourth-order valence-electron chi connectivity index (χ4n) is 6.33. The molecule has 2 aliphatic rings. The number of fused-ring (bicyclic) bond motifs is 1. The minimum Gasteiger partial charge on any atom is -0.320 e. The van der Waals surface area contributed by atoms with Gasteiger partial charge in [-0.3, -0.25) is 13.9 Å². The number of nitrogens with zero attached hydrogens (tertiary/aromatic N) is 6. The standard InChI is InChI=1S/C29H32F4N6O/c1-18-5-4-8-37(13-18)14-19-9-24(29(31,32)33)25-16-38(28(40)39(25)15-19)23-11-21(10-22(30)12-23)26(20-6-3-7-20)27-35-34-17-36(27)2/h9-12,15-18,20,26H,3-8,13-14H2,1-2H3/t18-,26?/m0/s1. The molecule has 0 spiro atoms. The summed E-state index contributed by atoms with van der Waals surface area (Å²) in [5.41, 5.74) is -0.605. The molecule has 0 N–H and O–H groups in total. The van der Waals surface area contributed by atoms with Gasteiger partial charge in [-0.2, -0.15) is 13.2 Å². The molecule has 1 aliphatic carbocycles. The Hall–Kier alpha value is -3.47. The van der Waals surface area contributed by atoms with Gasteiger partial charge in [-0.1, -0.05) is 13.3 Å². The summed E-state index contributed by atoms with van der Waals surface area (Å²) in [5.74, 6) is 0.576. The molecule has 1 saturated heterocycles. The summed E-state index contributed by atoms with van der Waals surface area (Å²) in [6, 6.07) is 5.42. The summed E-state index contributed by atoms with van der Waals surface area (Å²) in [6.07, 6.45) is 4.63. The molecule has 40 heavy (non-hydrogen) atoms. The van der Waals surface area contributed by atoms with Crippen LogP contribution in [0.2, 0.25) is 0 Å². The van der Waals surface area contributed by atoms with E-state index in [0.29, 0.717) is 29.4 Å². The molecule has 0 bridgehead atoms. The third-order valence-corrected chi connectivity index (χ3v) is 8.46. The van der Waals surface area contributed by atoms with E-state index in [0.717, 1.165) is 66.4 Å². The average molecular weight is 557 g/mol. The first-order valence-electron chi connectivity index (χ1n) is 13.8. The van der Waals surface area contributed by atoms with Crippen molar-refractivity contribution in [2.45, 2.75) is 57.7 Å². The van der Waals surface area contributed by atoms with Crippen LogP contribution in [-0.4, -0.2) is 41.7 Å². The summed E-state index contributed by atoms with van der Waals surface area (Å²) >= 11 is 0. The van der Waals surface area contributed by atoms with Gasteiger partial charge in [-0.25, -0.2) is 9.18 Å². The van der Waals surface area contributed by atoms with Crippen molar-refractivity contribution < 1.29 is 17.6 Å². The first kappa shape index (κ1) is 26.7. The van der Waals surface area contributed by atoms with Gasteiger partial charge in [0.2, 0.25) is 0 Å². The van der Waals surface area contributed by atoms with Gasteiger partial charge in [0, 0.05) is 38.4 Å². The van der Waals surface area contributed by atoms with Crippen LogP contribution in [0, 0.1) is 17.7 Å². The molecule has 2 atom stereocenters. The number of pyridine rings is 1. The molecule has 3 aromatic heterocycles. The lowest BCUT2D eigenvalue weighted by atomic mass is 9.72. The number of aromatic nitrogens is 5. The molecule has 1 aromatic carbocycles. The van der Waals surface area contributed by atoms with Gasteiger partial charge < -0.3 is 4.57 Å².